The predicted octanol–water partition coefficient (Wildman–Crippen LogP) is 6.00. The topological polar surface area (TPSA) is 64.6 Å². The Kier molecular flexibility index (Phi) is 17.3. The number of hydrogen-bond donors (Lipinski definition) is 1. The fourth-order valence-corrected chi connectivity index (χ4v) is 3.06. The van der Waals surface area contributed by atoms with Gasteiger partial charge in [-0.25, -0.2) is 9.59 Å². The van der Waals surface area contributed by atoms with Crippen LogP contribution in [0.15, 0.2) is 0 Å². The summed E-state index contributed by atoms with van der Waals surface area (Å²) in [6.45, 7) is 6.58. The molecule has 0 radical (unpaired) electrons. The molecule has 2 atom stereocenters. The molecule has 0 saturated heterocycles. The Morgan fingerprint density at radius 2 is 1.30 bits per heavy atom. The van der Waals surface area contributed by atoms with Gasteiger partial charge in [0.2, 0.25) is 0 Å². The average Bonchev–Trinajstić information content (AvgIpc) is 2.68. The van der Waals surface area contributed by atoms with Gasteiger partial charge in [-0.15, -0.1) is 0 Å². The molecule has 0 aliphatic heterocycles. The van der Waals surface area contributed by atoms with Crippen molar-refractivity contribution >= 4 is 12.1 Å². The van der Waals surface area contributed by atoms with E-state index in [-0.39, 0.29) is 11.9 Å². The van der Waals surface area contributed by atoms with Gasteiger partial charge in [0.25, 0.3) is 0 Å². The number of amides is 1. The monoisotopic (exact) mass is 385 g/mol. The fraction of sp³-hybridized carbons (Fsp3) is 0.909. The minimum Gasteiger partial charge on any atom is -0.464 e. The van der Waals surface area contributed by atoms with Gasteiger partial charge in [0.05, 0.1) is 13.7 Å². The first-order chi connectivity index (χ1) is 13.1. The molecule has 1 N–H and O–H groups in total. The summed E-state index contributed by atoms with van der Waals surface area (Å²) in [5, 5.41) is 2.58. The molecule has 5 heteroatoms. The molecule has 2 unspecified atom stereocenters. The Bertz CT molecular complexity index is 373. The van der Waals surface area contributed by atoms with Crippen molar-refractivity contribution in [3.05, 3.63) is 0 Å². The Balaban J connectivity index is 3.66. The highest BCUT2D eigenvalue weighted by molar-refractivity contribution is 5.81. The maximum absolute atomic E-state index is 12.2. The number of alkyl carbamates (subject to hydrolysis) is 1. The lowest BCUT2D eigenvalue weighted by molar-refractivity contribution is -0.147. The molecular weight excluding hydrogens is 342 g/mol. The third-order valence-electron chi connectivity index (χ3n) is 5.17. The second-order valence-corrected chi connectivity index (χ2v) is 7.56. The normalized spacial score (nSPS) is 13.0. The highest BCUT2D eigenvalue weighted by Crippen LogP contribution is 2.13. The molecule has 1 amide bonds. The smallest absolute Gasteiger partial charge is 0.407 e. The largest absolute Gasteiger partial charge is 0.464 e. The molecule has 160 valence electrons. The Labute approximate surface area is 167 Å². The van der Waals surface area contributed by atoms with Crippen molar-refractivity contribution in [3.8, 4) is 0 Å². The number of carbonyl (C=O) groups excluding carboxylic acids is 2. The molecule has 0 aliphatic carbocycles. The third-order valence-corrected chi connectivity index (χ3v) is 5.17. The van der Waals surface area contributed by atoms with Crippen LogP contribution in [-0.4, -0.2) is 31.8 Å². The third kappa shape index (κ3) is 14.5. The molecule has 27 heavy (non-hydrogen) atoms. The number of ether oxygens (including phenoxy) is 2. The molecule has 0 aromatic carbocycles. The maximum Gasteiger partial charge on any atom is 0.407 e. The molecule has 0 aromatic rings. The summed E-state index contributed by atoms with van der Waals surface area (Å²) in [5.41, 5.74) is 0. The van der Waals surface area contributed by atoms with E-state index >= 15 is 0 Å². The Morgan fingerprint density at radius 1 is 0.815 bits per heavy atom. The van der Waals surface area contributed by atoms with Crippen molar-refractivity contribution in [1.82, 2.24) is 5.32 Å². The first-order valence-electron chi connectivity index (χ1n) is 11.1. The number of rotatable bonds is 17. The van der Waals surface area contributed by atoms with Gasteiger partial charge in [0.1, 0.15) is 6.04 Å². The van der Waals surface area contributed by atoms with Gasteiger partial charge < -0.3 is 14.8 Å². The molecule has 0 rings (SSSR count). The van der Waals surface area contributed by atoms with E-state index in [1.54, 1.807) is 0 Å². The quantitative estimate of drug-likeness (QED) is 0.246. The summed E-state index contributed by atoms with van der Waals surface area (Å²) < 4.78 is 9.95. The van der Waals surface area contributed by atoms with Crippen molar-refractivity contribution in [3.63, 3.8) is 0 Å². The summed E-state index contributed by atoms with van der Waals surface area (Å²) in [7, 11) is 1.29. The number of unbranched alkanes of at least 4 members (excludes halogenated alkanes) is 11. The van der Waals surface area contributed by atoms with Gasteiger partial charge in [0.15, 0.2) is 0 Å². The van der Waals surface area contributed by atoms with Crippen LogP contribution in [0.5, 0.6) is 0 Å². The van der Waals surface area contributed by atoms with Gasteiger partial charge >= 0.3 is 12.1 Å². The molecule has 0 aliphatic rings. The minimum atomic E-state index is -0.639. The summed E-state index contributed by atoms with van der Waals surface area (Å²) >= 11 is 0. The van der Waals surface area contributed by atoms with Crippen molar-refractivity contribution in [2.45, 2.75) is 110 Å². The van der Waals surface area contributed by atoms with Crippen LogP contribution in [0.4, 0.5) is 4.79 Å². The van der Waals surface area contributed by atoms with Crippen molar-refractivity contribution in [2.24, 2.45) is 5.92 Å². The predicted molar refractivity (Wildman–Crippen MR) is 111 cm³/mol. The molecule has 5 nitrogen and oxygen atoms in total. The van der Waals surface area contributed by atoms with Gasteiger partial charge in [-0.2, -0.15) is 0 Å². The summed E-state index contributed by atoms with van der Waals surface area (Å²) in [6, 6.07) is -0.639. The van der Waals surface area contributed by atoms with Crippen molar-refractivity contribution in [1.29, 1.82) is 0 Å². The van der Waals surface area contributed by atoms with Crippen LogP contribution in [0.2, 0.25) is 0 Å². The van der Waals surface area contributed by atoms with Gasteiger partial charge in [0, 0.05) is 0 Å². The number of esters is 1. The van der Waals surface area contributed by atoms with E-state index in [4.69, 9.17) is 4.74 Å². The molecule has 0 saturated carbocycles. The molecule has 0 bridgehead atoms. The molecule has 0 heterocycles. The van der Waals surface area contributed by atoms with Crippen LogP contribution in [0, 0.1) is 5.92 Å². The first kappa shape index (κ1) is 25.7. The zero-order valence-electron chi connectivity index (χ0n) is 18.2. The van der Waals surface area contributed by atoms with Gasteiger partial charge in [-0.3, -0.25) is 0 Å². The first-order valence-corrected chi connectivity index (χ1v) is 11.1. The van der Waals surface area contributed by atoms with E-state index in [9.17, 15) is 9.59 Å². The van der Waals surface area contributed by atoms with Crippen LogP contribution in [0.25, 0.3) is 0 Å². The zero-order chi connectivity index (χ0) is 20.3. The number of nitrogens with one attached hydrogen (secondary N) is 1. The van der Waals surface area contributed by atoms with Crippen LogP contribution in [0.1, 0.15) is 104 Å². The van der Waals surface area contributed by atoms with Crippen molar-refractivity contribution in [2.75, 3.05) is 13.7 Å². The zero-order valence-corrected chi connectivity index (χ0v) is 18.2. The van der Waals surface area contributed by atoms with E-state index in [1.165, 1.54) is 71.3 Å². The molecule has 0 spiro atoms. The van der Waals surface area contributed by atoms with Gasteiger partial charge in [-0.05, 0) is 12.3 Å². The Hall–Kier alpha value is -1.26. The second kappa shape index (κ2) is 18.1. The fourth-order valence-electron chi connectivity index (χ4n) is 3.06. The number of carbonyl (C=O) groups is 2. The lowest BCUT2D eigenvalue weighted by Gasteiger charge is -2.21. The second-order valence-electron chi connectivity index (χ2n) is 7.56. The minimum absolute atomic E-state index is 0.0126. The highest BCUT2D eigenvalue weighted by atomic mass is 16.5. The van der Waals surface area contributed by atoms with E-state index in [0.717, 1.165) is 19.3 Å². The van der Waals surface area contributed by atoms with Crippen LogP contribution < -0.4 is 5.32 Å². The van der Waals surface area contributed by atoms with E-state index in [1.807, 2.05) is 13.8 Å². The summed E-state index contributed by atoms with van der Waals surface area (Å²) in [5.74, 6) is -0.351. The molecule has 0 aromatic heterocycles. The lowest BCUT2D eigenvalue weighted by atomic mass is 9.99. The Morgan fingerprint density at radius 3 is 1.74 bits per heavy atom. The molecular formula is C22H43NO4. The number of methoxy groups -OCH3 is 1. The van der Waals surface area contributed by atoms with E-state index in [2.05, 4.69) is 17.0 Å². The average molecular weight is 386 g/mol. The number of hydrogen-bond acceptors (Lipinski definition) is 4. The van der Waals surface area contributed by atoms with E-state index in [0.29, 0.717) is 6.61 Å². The van der Waals surface area contributed by atoms with Crippen LogP contribution in [-0.2, 0) is 14.3 Å². The van der Waals surface area contributed by atoms with E-state index < -0.39 is 12.1 Å². The summed E-state index contributed by atoms with van der Waals surface area (Å²) in [6.07, 6.45) is 15.5. The summed E-state index contributed by atoms with van der Waals surface area (Å²) in [4.78, 5) is 23.6. The standard InChI is InChI=1S/C22H43NO4/c1-5-7-8-9-10-11-12-13-14-15-16-17-18-27-21(24)20(19(3)6-2)23-22(25)26-4/h19-20H,5-18H2,1-4H3,(H,23,25). The van der Waals surface area contributed by atoms with Crippen LogP contribution >= 0.6 is 0 Å². The highest BCUT2D eigenvalue weighted by Gasteiger charge is 2.27. The SMILES string of the molecule is CCCCCCCCCCCCCCOC(=O)C(NC(=O)OC)C(C)CC. The maximum atomic E-state index is 12.2. The van der Waals surface area contributed by atoms with Crippen molar-refractivity contribution < 1.29 is 19.1 Å². The molecule has 0 fully saturated rings. The van der Waals surface area contributed by atoms with Crippen LogP contribution in [0.3, 0.4) is 0 Å². The van der Waals surface area contributed by atoms with Gasteiger partial charge in [-0.1, -0.05) is 97.8 Å². The lowest BCUT2D eigenvalue weighted by Crippen LogP contribution is -2.46.